The lowest BCUT2D eigenvalue weighted by atomic mass is 10.2. The van der Waals surface area contributed by atoms with Crippen molar-refractivity contribution >= 4 is 0 Å². The number of furan rings is 1. The van der Waals surface area contributed by atoms with Gasteiger partial charge in [-0.15, -0.1) is 0 Å². The van der Waals surface area contributed by atoms with Crippen molar-refractivity contribution in [1.82, 2.24) is 15.5 Å². The van der Waals surface area contributed by atoms with E-state index in [2.05, 4.69) is 15.5 Å². The first-order chi connectivity index (χ1) is 8.29. The number of hydrogen-bond donors (Lipinski definition) is 2. The maximum Gasteiger partial charge on any atom is 0.123 e. The largest absolute Gasteiger partial charge is 0.465 e. The summed E-state index contributed by atoms with van der Waals surface area (Å²) in [5.41, 5.74) is 1.04. The van der Waals surface area contributed by atoms with Gasteiger partial charge in [0.05, 0.1) is 12.6 Å². The molecule has 92 valence electrons. The molecule has 2 N–H and O–H groups in total. The summed E-state index contributed by atoms with van der Waals surface area (Å²) in [5, 5.41) is 10.2. The van der Waals surface area contributed by atoms with Gasteiger partial charge in [0.25, 0.3) is 0 Å². The summed E-state index contributed by atoms with van der Waals surface area (Å²) < 4.78 is 10.8. The lowest BCUT2D eigenvalue weighted by Crippen LogP contribution is -2.24. The Morgan fingerprint density at radius 2 is 2.35 bits per heavy atom. The second-order valence-electron chi connectivity index (χ2n) is 3.92. The molecule has 2 rings (SSSR count). The van der Waals surface area contributed by atoms with Gasteiger partial charge >= 0.3 is 0 Å². The molecular formula is C12H17N3O2. The van der Waals surface area contributed by atoms with Crippen molar-refractivity contribution < 1.29 is 9.15 Å². The van der Waals surface area contributed by atoms with E-state index in [9.17, 15) is 0 Å². The van der Waals surface area contributed by atoms with Crippen LogP contribution in [-0.4, -0.2) is 23.9 Å². The van der Waals surface area contributed by atoms with Crippen molar-refractivity contribution in [3.63, 3.8) is 0 Å². The lowest BCUT2D eigenvalue weighted by molar-refractivity contribution is 0.155. The van der Waals surface area contributed by atoms with Crippen LogP contribution in [0.5, 0.6) is 0 Å². The average molecular weight is 235 g/mol. The fourth-order valence-electron chi connectivity index (χ4n) is 1.67. The number of ether oxygens (including phenoxy) is 1. The number of nitrogens with one attached hydrogen (secondary N) is 2. The smallest absolute Gasteiger partial charge is 0.123 e. The number of rotatable bonds is 6. The van der Waals surface area contributed by atoms with E-state index in [4.69, 9.17) is 9.15 Å². The zero-order chi connectivity index (χ0) is 12.1. The van der Waals surface area contributed by atoms with E-state index in [-0.39, 0.29) is 6.04 Å². The highest BCUT2D eigenvalue weighted by atomic mass is 16.5. The van der Waals surface area contributed by atoms with Crippen molar-refractivity contribution in [2.45, 2.75) is 19.5 Å². The SMILES string of the molecule is COC[C@H](NCc1ccn[nH]1)c1ccc(C)o1. The normalized spacial score (nSPS) is 12.8. The minimum atomic E-state index is 0.0528. The Hall–Kier alpha value is -1.59. The molecule has 0 aliphatic heterocycles. The number of methoxy groups -OCH3 is 1. The Morgan fingerprint density at radius 1 is 1.47 bits per heavy atom. The van der Waals surface area contributed by atoms with Gasteiger partial charge < -0.3 is 9.15 Å². The zero-order valence-electron chi connectivity index (χ0n) is 10.1. The van der Waals surface area contributed by atoms with E-state index in [0.29, 0.717) is 13.2 Å². The fourth-order valence-corrected chi connectivity index (χ4v) is 1.67. The van der Waals surface area contributed by atoms with Gasteiger partial charge in [-0.3, -0.25) is 10.4 Å². The van der Waals surface area contributed by atoms with Crippen LogP contribution in [0.4, 0.5) is 0 Å². The van der Waals surface area contributed by atoms with Crippen LogP contribution in [0, 0.1) is 6.92 Å². The summed E-state index contributed by atoms with van der Waals surface area (Å²) in [4.78, 5) is 0. The second-order valence-corrected chi connectivity index (χ2v) is 3.92. The highest BCUT2D eigenvalue weighted by molar-refractivity contribution is 5.10. The van der Waals surface area contributed by atoms with E-state index < -0.39 is 0 Å². The number of aryl methyl sites for hydroxylation is 1. The van der Waals surface area contributed by atoms with Gasteiger partial charge in [0.2, 0.25) is 0 Å². The standard InChI is InChI=1S/C12H17N3O2/c1-9-3-4-12(17-9)11(8-16-2)13-7-10-5-6-14-15-10/h3-6,11,13H,7-8H2,1-2H3,(H,14,15)/t11-/m0/s1. The van der Waals surface area contributed by atoms with E-state index in [1.807, 2.05) is 25.1 Å². The third-order valence-corrected chi connectivity index (χ3v) is 2.54. The zero-order valence-corrected chi connectivity index (χ0v) is 10.1. The summed E-state index contributed by atoms with van der Waals surface area (Å²) in [7, 11) is 1.68. The fraction of sp³-hybridized carbons (Fsp3) is 0.417. The topological polar surface area (TPSA) is 63.1 Å². The first-order valence-electron chi connectivity index (χ1n) is 5.56. The summed E-state index contributed by atoms with van der Waals surface area (Å²) in [6, 6.07) is 5.91. The molecule has 0 aromatic carbocycles. The predicted molar refractivity (Wildman–Crippen MR) is 63.5 cm³/mol. The van der Waals surface area contributed by atoms with Gasteiger partial charge in [0.1, 0.15) is 11.5 Å². The summed E-state index contributed by atoms with van der Waals surface area (Å²) in [5.74, 6) is 1.80. The average Bonchev–Trinajstić information content (AvgIpc) is 2.95. The number of nitrogens with zero attached hydrogens (tertiary/aromatic N) is 1. The summed E-state index contributed by atoms with van der Waals surface area (Å²) in [6.07, 6.45) is 1.74. The van der Waals surface area contributed by atoms with Crippen LogP contribution in [0.3, 0.4) is 0 Å². The van der Waals surface area contributed by atoms with Crippen LogP contribution < -0.4 is 5.32 Å². The van der Waals surface area contributed by atoms with Crippen LogP contribution in [0.2, 0.25) is 0 Å². The van der Waals surface area contributed by atoms with Crippen molar-refractivity contribution in [1.29, 1.82) is 0 Å². The second kappa shape index (κ2) is 5.65. The van der Waals surface area contributed by atoms with Gasteiger partial charge in [-0.05, 0) is 25.1 Å². The molecule has 0 unspecified atom stereocenters. The first-order valence-corrected chi connectivity index (χ1v) is 5.56. The quantitative estimate of drug-likeness (QED) is 0.801. The predicted octanol–water partition coefficient (Wildman–Crippen LogP) is 1.79. The molecule has 5 heteroatoms. The monoisotopic (exact) mass is 235 g/mol. The highest BCUT2D eigenvalue weighted by Gasteiger charge is 2.14. The van der Waals surface area contributed by atoms with Crippen LogP contribution in [0.15, 0.2) is 28.8 Å². The maximum atomic E-state index is 5.60. The minimum Gasteiger partial charge on any atom is -0.465 e. The summed E-state index contributed by atoms with van der Waals surface area (Å²) >= 11 is 0. The van der Waals surface area contributed by atoms with E-state index >= 15 is 0 Å². The molecule has 5 nitrogen and oxygen atoms in total. The lowest BCUT2D eigenvalue weighted by Gasteiger charge is -2.15. The van der Waals surface area contributed by atoms with Crippen molar-refractivity contribution in [3.05, 3.63) is 41.6 Å². The molecule has 1 atom stereocenters. The molecule has 0 saturated carbocycles. The Labute approximate surface area is 100 Å². The molecule has 0 saturated heterocycles. The van der Waals surface area contributed by atoms with Gasteiger partial charge in [-0.25, -0.2) is 0 Å². The van der Waals surface area contributed by atoms with Crippen LogP contribution in [-0.2, 0) is 11.3 Å². The Kier molecular flexibility index (Phi) is 3.95. The molecule has 0 amide bonds. The molecule has 0 aliphatic rings. The molecule has 0 fully saturated rings. The molecule has 2 aromatic heterocycles. The molecule has 2 aromatic rings. The molecular weight excluding hydrogens is 218 g/mol. The maximum absolute atomic E-state index is 5.60. The molecule has 0 bridgehead atoms. The van der Waals surface area contributed by atoms with Crippen LogP contribution in [0.25, 0.3) is 0 Å². The van der Waals surface area contributed by atoms with E-state index in [0.717, 1.165) is 17.2 Å². The van der Waals surface area contributed by atoms with Crippen molar-refractivity contribution in [3.8, 4) is 0 Å². The number of aromatic amines is 1. The van der Waals surface area contributed by atoms with Crippen molar-refractivity contribution in [2.75, 3.05) is 13.7 Å². The number of hydrogen-bond acceptors (Lipinski definition) is 4. The van der Waals surface area contributed by atoms with E-state index in [1.165, 1.54) is 0 Å². The Bertz CT molecular complexity index is 436. The molecule has 0 aliphatic carbocycles. The van der Waals surface area contributed by atoms with Gasteiger partial charge in [-0.2, -0.15) is 5.10 Å². The number of aromatic nitrogens is 2. The van der Waals surface area contributed by atoms with Crippen LogP contribution in [0.1, 0.15) is 23.3 Å². The minimum absolute atomic E-state index is 0.0528. The third-order valence-electron chi connectivity index (χ3n) is 2.54. The Balaban J connectivity index is 1.97. The number of H-pyrrole nitrogens is 1. The first kappa shape index (κ1) is 11.9. The molecule has 17 heavy (non-hydrogen) atoms. The molecule has 2 heterocycles. The summed E-state index contributed by atoms with van der Waals surface area (Å²) in [6.45, 7) is 3.21. The Morgan fingerprint density at radius 3 is 2.94 bits per heavy atom. The van der Waals surface area contributed by atoms with E-state index in [1.54, 1.807) is 13.3 Å². The van der Waals surface area contributed by atoms with Gasteiger partial charge in [0, 0.05) is 25.5 Å². The van der Waals surface area contributed by atoms with Gasteiger partial charge in [0.15, 0.2) is 0 Å². The van der Waals surface area contributed by atoms with Gasteiger partial charge in [-0.1, -0.05) is 0 Å². The molecule has 0 spiro atoms. The molecule has 0 radical (unpaired) electrons. The highest BCUT2D eigenvalue weighted by Crippen LogP contribution is 2.17. The third kappa shape index (κ3) is 3.18. The van der Waals surface area contributed by atoms with Crippen molar-refractivity contribution in [2.24, 2.45) is 0 Å². The van der Waals surface area contributed by atoms with Crippen LogP contribution >= 0.6 is 0 Å².